The number of hydrogen-bond acceptors (Lipinski definition) is 2. The number of rotatable bonds is 7. The Labute approximate surface area is 114 Å². The van der Waals surface area contributed by atoms with Crippen LogP contribution in [0.2, 0.25) is 16.6 Å². The van der Waals surface area contributed by atoms with Gasteiger partial charge >= 0.3 is 0 Å². The minimum Gasteiger partial charge on any atom is -0.415 e. The maximum atomic E-state index is 9.58. The molecule has 2 nitrogen and oxygen atoms in total. The van der Waals surface area contributed by atoms with Crippen LogP contribution in [0, 0.1) is 11.3 Å². The van der Waals surface area contributed by atoms with E-state index < -0.39 is 8.32 Å². The van der Waals surface area contributed by atoms with Crippen molar-refractivity contribution in [1.82, 2.24) is 0 Å². The van der Waals surface area contributed by atoms with Crippen LogP contribution in [-0.2, 0) is 4.43 Å². The lowest BCUT2D eigenvalue weighted by Gasteiger charge is -2.43. The van der Waals surface area contributed by atoms with E-state index >= 15 is 0 Å². The summed E-state index contributed by atoms with van der Waals surface area (Å²) in [5, 5.41) is 9.58. The van der Waals surface area contributed by atoms with Crippen LogP contribution >= 0.6 is 0 Å². The zero-order valence-electron chi connectivity index (χ0n) is 13.3. The third kappa shape index (κ3) is 2.68. The van der Waals surface area contributed by atoms with Crippen LogP contribution < -0.4 is 0 Å². The third-order valence-corrected chi connectivity index (χ3v) is 11.3. The van der Waals surface area contributed by atoms with Crippen molar-refractivity contribution in [3.8, 4) is 0 Å². The normalized spacial score (nSPS) is 28.5. The predicted molar refractivity (Wildman–Crippen MR) is 80.3 cm³/mol. The summed E-state index contributed by atoms with van der Waals surface area (Å²) in [7, 11) is -1.75. The van der Waals surface area contributed by atoms with Crippen molar-refractivity contribution in [1.29, 1.82) is 0 Å². The smallest absolute Gasteiger partial charge is 0.200 e. The van der Waals surface area contributed by atoms with E-state index in [4.69, 9.17) is 4.43 Å². The minimum atomic E-state index is -1.75. The first-order chi connectivity index (χ1) is 8.23. The Kier molecular flexibility index (Phi) is 5.07. The molecular weight excluding hydrogens is 240 g/mol. The molecule has 3 heteroatoms. The van der Waals surface area contributed by atoms with E-state index in [1.807, 2.05) is 0 Å². The molecule has 0 heterocycles. The molecule has 0 unspecified atom stereocenters. The van der Waals surface area contributed by atoms with Crippen LogP contribution in [0.3, 0.4) is 0 Å². The fourth-order valence-electron chi connectivity index (χ4n) is 3.79. The average molecular weight is 273 g/mol. The van der Waals surface area contributed by atoms with E-state index in [0.717, 1.165) is 13.0 Å². The van der Waals surface area contributed by atoms with Gasteiger partial charge in [0.1, 0.15) is 0 Å². The molecular formula is C15H32O2Si. The van der Waals surface area contributed by atoms with Crippen LogP contribution in [-0.4, -0.2) is 26.6 Å². The van der Waals surface area contributed by atoms with Gasteiger partial charge in [0.2, 0.25) is 0 Å². The molecule has 0 bridgehead atoms. The molecule has 0 radical (unpaired) electrons. The molecule has 0 aliphatic heterocycles. The van der Waals surface area contributed by atoms with E-state index in [1.54, 1.807) is 0 Å². The molecule has 0 aromatic rings. The van der Waals surface area contributed by atoms with Crippen molar-refractivity contribution in [2.45, 2.75) is 71.5 Å². The monoisotopic (exact) mass is 272 g/mol. The minimum absolute atomic E-state index is 0.0803. The number of hydrogen-bond donors (Lipinski definition) is 1. The fraction of sp³-hybridized carbons (Fsp3) is 1.00. The van der Waals surface area contributed by atoms with Crippen LogP contribution in [0.5, 0.6) is 0 Å². The van der Waals surface area contributed by atoms with Crippen molar-refractivity contribution in [3.63, 3.8) is 0 Å². The maximum absolute atomic E-state index is 9.58. The molecule has 1 aliphatic carbocycles. The molecule has 1 N–H and O–H groups in total. The van der Waals surface area contributed by atoms with Gasteiger partial charge in [-0.1, -0.05) is 48.5 Å². The summed E-state index contributed by atoms with van der Waals surface area (Å²) in [5.74, 6) is 0.626. The highest BCUT2D eigenvalue weighted by atomic mass is 28.4. The molecule has 0 aromatic heterocycles. The van der Waals surface area contributed by atoms with E-state index in [9.17, 15) is 5.11 Å². The van der Waals surface area contributed by atoms with Crippen LogP contribution in [0.25, 0.3) is 0 Å². The van der Waals surface area contributed by atoms with Gasteiger partial charge in [-0.25, -0.2) is 0 Å². The quantitative estimate of drug-likeness (QED) is 0.704. The van der Waals surface area contributed by atoms with Gasteiger partial charge in [-0.3, -0.25) is 0 Å². The largest absolute Gasteiger partial charge is 0.415 e. The second kappa shape index (κ2) is 5.64. The van der Waals surface area contributed by atoms with Gasteiger partial charge in [-0.15, -0.1) is 0 Å². The molecule has 1 aliphatic rings. The SMILES string of the molecule is CC(C)[Si](OC[C@]1(CO)C[C@H]1C)(C(C)C)C(C)C. The number of aliphatic hydroxyl groups is 1. The molecule has 1 fully saturated rings. The Bertz CT molecular complexity index is 250. The molecule has 2 atom stereocenters. The van der Waals surface area contributed by atoms with Crippen molar-refractivity contribution < 1.29 is 9.53 Å². The molecule has 0 spiro atoms. The predicted octanol–water partition coefficient (Wildman–Crippen LogP) is 4.20. The maximum Gasteiger partial charge on any atom is 0.200 e. The Morgan fingerprint density at radius 3 is 1.72 bits per heavy atom. The van der Waals surface area contributed by atoms with E-state index in [0.29, 0.717) is 22.5 Å². The first-order valence-electron chi connectivity index (χ1n) is 7.47. The molecule has 1 saturated carbocycles. The highest BCUT2D eigenvalue weighted by Crippen LogP contribution is 2.53. The van der Waals surface area contributed by atoms with E-state index in [-0.39, 0.29) is 12.0 Å². The summed E-state index contributed by atoms with van der Waals surface area (Å²) in [5.41, 5.74) is 1.96. The Hall–Kier alpha value is 0.137. The molecule has 0 saturated heterocycles. The van der Waals surface area contributed by atoms with Crippen LogP contribution in [0.15, 0.2) is 0 Å². The first kappa shape index (κ1) is 16.2. The lowest BCUT2D eigenvalue weighted by molar-refractivity contribution is 0.125. The standard InChI is InChI=1S/C15H32O2Si/c1-11(2)18(12(3)4,13(5)6)17-10-15(9-16)8-14(15)7/h11-14,16H,8-10H2,1-7H3/t14-,15-/m1/s1. The van der Waals surface area contributed by atoms with Crippen molar-refractivity contribution in [3.05, 3.63) is 0 Å². The van der Waals surface area contributed by atoms with Gasteiger partial charge in [0.15, 0.2) is 8.32 Å². The highest BCUT2D eigenvalue weighted by Gasteiger charge is 2.54. The number of aliphatic hydroxyl groups excluding tert-OH is 1. The Balaban J connectivity index is 2.80. The molecule has 1 rings (SSSR count). The van der Waals surface area contributed by atoms with E-state index in [2.05, 4.69) is 48.5 Å². The second-order valence-corrected chi connectivity index (χ2v) is 12.7. The van der Waals surface area contributed by atoms with Gasteiger partial charge < -0.3 is 9.53 Å². The van der Waals surface area contributed by atoms with Crippen molar-refractivity contribution in [2.75, 3.05) is 13.2 Å². The zero-order valence-corrected chi connectivity index (χ0v) is 14.3. The summed E-state index contributed by atoms with van der Waals surface area (Å²) >= 11 is 0. The summed E-state index contributed by atoms with van der Waals surface area (Å²) < 4.78 is 6.58. The molecule has 0 aromatic carbocycles. The molecule has 108 valence electrons. The van der Waals surface area contributed by atoms with Gasteiger partial charge in [0.25, 0.3) is 0 Å². The van der Waals surface area contributed by atoms with Crippen LogP contribution in [0.1, 0.15) is 54.9 Å². The topological polar surface area (TPSA) is 29.5 Å². The average Bonchev–Trinajstić information content (AvgIpc) is 2.89. The fourth-order valence-corrected chi connectivity index (χ4v) is 9.32. The zero-order chi connectivity index (χ0) is 14.1. The Morgan fingerprint density at radius 2 is 1.50 bits per heavy atom. The van der Waals surface area contributed by atoms with Gasteiger partial charge in [-0.2, -0.15) is 0 Å². The third-order valence-electron chi connectivity index (χ3n) is 5.23. The van der Waals surface area contributed by atoms with Gasteiger partial charge in [0, 0.05) is 12.0 Å². The van der Waals surface area contributed by atoms with Crippen LogP contribution in [0.4, 0.5) is 0 Å². The summed E-state index contributed by atoms with van der Waals surface area (Å²) in [6.07, 6.45) is 1.13. The Morgan fingerprint density at radius 1 is 1.11 bits per heavy atom. The van der Waals surface area contributed by atoms with Gasteiger partial charge in [-0.05, 0) is 29.0 Å². The first-order valence-corrected chi connectivity index (χ1v) is 9.61. The highest BCUT2D eigenvalue weighted by molar-refractivity contribution is 6.77. The summed E-state index contributed by atoms with van der Waals surface area (Å²) in [6.45, 7) is 17.2. The lowest BCUT2D eigenvalue weighted by atomic mass is 10.1. The summed E-state index contributed by atoms with van der Waals surface area (Å²) in [6, 6.07) is 0. The van der Waals surface area contributed by atoms with Gasteiger partial charge in [0.05, 0.1) is 6.61 Å². The second-order valence-electron chi connectivity index (χ2n) is 7.23. The lowest BCUT2D eigenvalue weighted by Crippen LogP contribution is -2.49. The molecule has 0 amide bonds. The van der Waals surface area contributed by atoms with Crippen molar-refractivity contribution in [2.24, 2.45) is 11.3 Å². The van der Waals surface area contributed by atoms with E-state index in [1.165, 1.54) is 0 Å². The van der Waals surface area contributed by atoms with Crippen molar-refractivity contribution >= 4 is 8.32 Å². The summed E-state index contributed by atoms with van der Waals surface area (Å²) in [4.78, 5) is 0. The molecule has 18 heavy (non-hydrogen) atoms.